The van der Waals surface area contributed by atoms with Crippen LogP contribution in [-0.2, 0) is 20.9 Å². The maximum absolute atomic E-state index is 12.6. The van der Waals surface area contributed by atoms with E-state index in [2.05, 4.69) is 20.5 Å². The lowest BCUT2D eigenvalue weighted by Gasteiger charge is -2.34. The number of carbonyl (C=O) groups is 2. The molecular formula is C21H30N6O3. The summed E-state index contributed by atoms with van der Waals surface area (Å²) in [6, 6.07) is 7.86. The predicted octanol–water partition coefficient (Wildman–Crippen LogP) is 0.508. The second kappa shape index (κ2) is 9.99. The second-order valence-electron chi connectivity index (χ2n) is 7.98. The van der Waals surface area contributed by atoms with Crippen molar-refractivity contribution in [1.82, 2.24) is 30.1 Å². The largest absolute Gasteiger partial charge is 0.379 e. The number of aromatic nitrogens is 3. The number of amides is 2. The average molecular weight is 415 g/mol. The van der Waals surface area contributed by atoms with E-state index < -0.39 is 0 Å². The van der Waals surface area contributed by atoms with Gasteiger partial charge in [-0.1, -0.05) is 17.3 Å². The molecule has 2 aromatic rings. The van der Waals surface area contributed by atoms with Crippen molar-refractivity contribution in [3.05, 3.63) is 24.3 Å². The molecular weight excluding hydrogens is 384 g/mol. The summed E-state index contributed by atoms with van der Waals surface area (Å²) in [7, 11) is 0. The van der Waals surface area contributed by atoms with Crippen molar-refractivity contribution in [3.63, 3.8) is 0 Å². The van der Waals surface area contributed by atoms with Crippen LogP contribution in [0, 0.1) is 5.92 Å². The highest BCUT2D eigenvalue weighted by Crippen LogP contribution is 2.18. The smallest absolute Gasteiger partial charge is 0.224 e. The first-order chi connectivity index (χ1) is 14.7. The highest BCUT2D eigenvalue weighted by molar-refractivity contribution is 5.83. The molecule has 1 aromatic carbocycles. The third-order valence-corrected chi connectivity index (χ3v) is 5.93. The van der Waals surface area contributed by atoms with Crippen molar-refractivity contribution in [1.29, 1.82) is 0 Å². The molecule has 0 bridgehead atoms. The molecule has 2 aliphatic heterocycles. The monoisotopic (exact) mass is 414 g/mol. The second-order valence-corrected chi connectivity index (χ2v) is 7.98. The Labute approximate surface area is 176 Å². The number of nitrogens with zero attached hydrogens (tertiary/aromatic N) is 5. The molecule has 4 rings (SSSR count). The Morgan fingerprint density at radius 3 is 2.87 bits per heavy atom. The van der Waals surface area contributed by atoms with Crippen molar-refractivity contribution >= 4 is 22.8 Å². The fraction of sp³-hybridized carbons (Fsp3) is 0.619. The molecule has 30 heavy (non-hydrogen) atoms. The van der Waals surface area contributed by atoms with Gasteiger partial charge in [0.1, 0.15) is 5.52 Å². The lowest BCUT2D eigenvalue weighted by atomic mass is 9.96. The van der Waals surface area contributed by atoms with Gasteiger partial charge in [0.05, 0.1) is 24.6 Å². The summed E-state index contributed by atoms with van der Waals surface area (Å²) in [5.74, 6) is 0.0762. The van der Waals surface area contributed by atoms with Gasteiger partial charge in [0, 0.05) is 52.2 Å². The predicted molar refractivity (Wildman–Crippen MR) is 112 cm³/mol. The van der Waals surface area contributed by atoms with Crippen molar-refractivity contribution < 1.29 is 14.3 Å². The molecule has 2 saturated heterocycles. The molecule has 0 unspecified atom stereocenters. The van der Waals surface area contributed by atoms with Gasteiger partial charge in [-0.15, -0.1) is 5.10 Å². The van der Waals surface area contributed by atoms with Crippen LogP contribution < -0.4 is 5.32 Å². The Morgan fingerprint density at radius 1 is 1.17 bits per heavy atom. The third kappa shape index (κ3) is 5.14. The summed E-state index contributed by atoms with van der Waals surface area (Å²) >= 11 is 0. The molecule has 1 N–H and O–H groups in total. The number of para-hydroxylation sites is 1. The maximum Gasteiger partial charge on any atom is 0.224 e. The SMILES string of the molecule is O=C(NCCCn1nnc2ccccc21)[C@@H]1CCC(=O)N(CCN2CCOCC2)C1. The zero-order valence-corrected chi connectivity index (χ0v) is 17.3. The van der Waals surface area contributed by atoms with E-state index in [1.807, 2.05) is 33.8 Å². The fourth-order valence-corrected chi connectivity index (χ4v) is 4.10. The van der Waals surface area contributed by atoms with E-state index in [0.29, 0.717) is 39.0 Å². The highest BCUT2D eigenvalue weighted by atomic mass is 16.5. The highest BCUT2D eigenvalue weighted by Gasteiger charge is 2.30. The van der Waals surface area contributed by atoms with Crippen molar-refractivity contribution in [2.24, 2.45) is 5.92 Å². The van der Waals surface area contributed by atoms with E-state index in [-0.39, 0.29) is 17.7 Å². The van der Waals surface area contributed by atoms with E-state index in [1.54, 1.807) is 0 Å². The van der Waals surface area contributed by atoms with Crippen LogP contribution in [0.1, 0.15) is 19.3 Å². The molecule has 2 amide bonds. The number of ether oxygens (including phenoxy) is 1. The van der Waals surface area contributed by atoms with Gasteiger partial charge in [-0.25, -0.2) is 4.68 Å². The molecule has 2 aliphatic rings. The number of morpholine rings is 1. The van der Waals surface area contributed by atoms with Gasteiger partial charge in [-0.3, -0.25) is 14.5 Å². The summed E-state index contributed by atoms with van der Waals surface area (Å²) in [6.45, 7) is 6.66. The number of hydrogen-bond acceptors (Lipinski definition) is 6. The molecule has 1 atom stereocenters. The maximum atomic E-state index is 12.6. The minimum absolute atomic E-state index is 0.0438. The Kier molecular flexibility index (Phi) is 6.91. The van der Waals surface area contributed by atoms with E-state index in [0.717, 1.165) is 50.3 Å². The lowest BCUT2D eigenvalue weighted by molar-refractivity contribution is -0.138. The molecule has 0 saturated carbocycles. The molecule has 1 aromatic heterocycles. The standard InChI is InChI=1S/C21H30N6O3/c28-20-7-6-17(16-26(20)11-10-25-12-14-30-15-13-25)21(29)22-8-3-9-27-19-5-2-1-4-18(19)23-24-27/h1-2,4-5,17H,3,6-16H2,(H,22,29)/t17-/m1/s1. The minimum Gasteiger partial charge on any atom is -0.379 e. The molecule has 9 heteroatoms. The first kappa shape index (κ1) is 20.7. The molecule has 162 valence electrons. The summed E-state index contributed by atoms with van der Waals surface area (Å²) in [6.07, 6.45) is 1.87. The Bertz CT molecular complexity index is 863. The van der Waals surface area contributed by atoms with Crippen molar-refractivity contribution in [3.8, 4) is 0 Å². The number of nitrogens with one attached hydrogen (secondary N) is 1. The van der Waals surface area contributed by atoms with Crippen LogP contribution >= 0.6 is 0 Å². The van der Waals surface area contributed by atoms with Gasteiger partial charge in [-0.05, 0) is 25.0 Å². The van der Waals surface area contributed by atoms with E-state index in [9.17, 15) is 9.59 Å². The summed E-state index contributed by atoms with van der Waals surface area (Å²) < 4.78 is 7.24. The quantitative estimate of drug-likeness (QED) is 0.633. The number of hydrogen-bond donors (Lipinski definition) is 1. The van der Waals surface area contributed by atoms with E-state index in [4.69, 9.17) is 4.74 Å². The number of likely N-dealkylation sites (tertiary alicyclic amines) is 1. The zero-order chi connectivity index (χ0) is 20.8. The number of aryl methyl sites for hydroxylation is 1. The summed E-state index contributed by atoms with van der Waals surface area (Å²) in [5.41, 5.74) is 1.89. The fourth-order valence-electron chi connectivity index (χ4n) is 4.10. The van der Waals surface area contributed by atoms with Gasteiger partial charge >= 0.3 is 0 Å². The van der Waals surface area contributed by atoms with Gasteiger partial charge in [-0.2, -0.15) is 0 Å². The molecule has 0 spiro atoms. The lowest BCUT2D eigenvalue weighted by Crippen LogP contribution is -2.49. The number of rotatable bonds is 8. The molecule has 3 heterocycles. The Hall–Kier alpha value is -2.52. The molecule has 0 aliphatic carbocycles. The number of carbonyl (C=O) groups excluding carboxylic acids is 2. The minimum atomic E-state index is -0.125. The normalized spacial score (nSPS) is 20.6. The average Bonchev–Trinajstić information content (AvgIpc) is 3.20. The van der Waals surface area contributed by atoms with Crippen LogP contribution in [0.2, 0.25) is 0 Å². The van der Waals surface area contributed by atoms with Crippen molar-refractivity contribution in [2.45, 2.75) is 25.8 Å². The molecule has 2 fully saturated rings. The van der Waals surface area contributed by atoms with Crippen molar-refractivity contribution in [2.75, 3.05) is 52.5 Å². The van der Waals surface area contributed by atoms with Crippen LogP contribution in [0.3, 0.4) is 0 Å². The van der Waals surface area contributed by atoms with Gasteiger partial charge < -0.3 is 15.0 Å². The Balaban J connectivity index is 1.19. The first-order valence-corrected chi connectivity index (χ1v) is 10.8. The van der Waals surface area contributed by atoms with Crippen LogP contribution in [0.15, 0.2) is 24.3 Å². The van der Waals surface area contributed by atoms with Gasteiger partial charge in [0.2, 0.25) is 11.8 Å². The third-order valence-electron chi connectivity index (χ3n) is 5.93. The zero-order valence-electron chi connectivity index (χ0n) is 17.3. The van der Waals surface area contributed by atoms with Crippen LogP contribution in [0.25, 0.3) is 11.0 Å². The topological polar surface area (TPSA) is 92.6 Å². The summed E-state index contributed by atoms with van der Waals surface area (Å²) in [5, 5.41) is 11.4. The van der Waals surface area contributed by atoms with Crippen LogP contribution in [0.4, 0.5) is 0 Å². The molecule has 9 nitrogen and oxygen atoms in total. The summed E-state index contributed by atoms with van der Waals surface area (Å²) in [4.78, 5) is 29.1. The van der Waals surface area contributed by atoms with Crippen LogP contribution in [0.5, 0.6) is 0 Å². The van der Waals surface area contributed by atoms with Gasteiger partial charge in [0.25, 0.3) is 0 Å². The van der Waals surface area contributed by atoms with Gasteiger partial charge in [0.15, 0.2) is 0 Å². The molecule has 0 radical (unpaired) electrons. The Morgan fingerprint density at radius 2 is 2.00 bits per heavy atom. The number of piperidine rings is 1. The van der Waals surface area contributed by atoms with E-state index in [1.165, 1.54) is 0 Å². The van der Waals surface area contributed by atoms with E-state index >= 15 is 0 Å². The number of benzene rings is 1. The van der Waals surface area contributed by atoms with Crippen LogP contribution in [-0.4, -0.2) is 89.1 Å². The number of fused-ring (bicyclic) bond motifs is 1. The first-order valence-electron chi connectivity index (χ1n) is 10.8.